The van der Waals surface area contributed by atoms with Crippen LogP contribution in [0.1, 0.15) is 11.1 Å². The van der Waals surface area contributed by atoms with Crippen molar-refractivity contribution in [2.24, 2.45) is 4.99 Å². The minimum Gasteiger partial charge on any atom is -0.307 e. The molecule has 1 amide bonds. The molecule has 1 aromatic carbocycles. The molecule has 6 nitrogen and oxygen atoms in total. The van der Waals surface area contributed by atoms with Gasteiger partial charge in [-0.3, -0.25) is 9.79 Å². The number of benzene rings is 1. The first-order valence-corrected chi connectivity index (χ1v) is 9.35. The lowest BCUT2D eigenvalue weighted by Crippen LogP contribution is -2.27. The van der Waals surface area contributed by atoms with Gasteiger partial charge in [0.2, 0.25) is 0 Å². The third-order valence-electron chi connectivity index (χ3n) is 4.28. The lowest BCUT2D eigenvalue weighted by atomic mass is 10.0. The number of aromatic nitrogens is 3. The highest BCUT2D eigenvalue weighted by Crippen LogP contribution is 2.36. The first-order valence-electron chi connectivity index (χ1n) is 8.30. The van der Waals surface area contributed by atoms with E-state index in [1.807, 2.05) is 0 Å². The zero-order chi connectivity index (χ0) is 19.9. The second kappa shape index (κ2) is 6.93. The molecule has 0 radical (unpaired) electrons. The number of aryl methyl sites for hydroxylation is 1. The summed E-state index contributed by atoms with van der Waals surface area (Å²) in [7, 11) is 0. The Balaban J connectivity index is 1.78. The smallest absolute Gasteiger partial charge is 0.307 e. The van der Waals surface area contributed by atoms with Crippen molar-refractivity contribution in [1.82, 2.24) is 14.6 Å². The molecule has 1 N–H and O–H groups in total. The van der Waals surface area contributed by atoms with E-state index in [1.54, 1.807) is 18.5 Å². The predicted molar refractivity (Wildman–Crippen MR) is 102 cm³/mol. The highest BCUT2D eigenvalue weighted by atomic mass is 32.2. The van der Waals surface area contributed by atoms with Gasteiger partial charge in [0.25, 0.3) is 5.91 Å². The van der Waals surface area contributed by atoms with Gasteiger partial charge < -0.3 is 5.32 Å². The number of fused-ring (bicyclic) bond motifs is 1. The molecule has 144 valence electrons. The first kappa shape index (κ1) is 18.5. The number of hydrogen-bond acceptors (Lipinski definition) is 5. The molecular formula is C18H14F3N5OS. The Kier molecular flexibility index (Phi) is 4.58. The molecule has 0 spiro atoms. The molecule has 1 aliphatic heterocycles. The van der Waals surface area contributed by atoms with Crippen LogP contribution in [0.4, 0.5) is 19.0 Å². The summed E-state index contributed by atoms with van der Waals surface area (Å²) in [5.41, 5.74) is 2.03. The zero-order valence-corrected chi connectivity index (χ0v) is 15.4. The fourth-order valence-corrected chi connectivity index (χ4v) is 3.68. The van der Waals surface area contributed by atoms with Gasteiger partial charge in [0.1, 0.15) is 6.04 Å². The van der Waals surface area contributed by atoms with Crippen LogP contribution >= 0.6 is 11.8 Å². The molecular weight excluding hydrogens is 391 g/mol. The number of hydrogen-bond donors (Lipinski definition) is 1. The van der Waals surface area contributed by atoms with Crippen LogP contribution in [0.3, 0.4) is 0 Å². The van der Waals surface area contributed by atoms with Gasteiger partial charge in [0.05, 0.1) is 23.0 Å². The number of nitrogens with one attached hydrogen (secondary N) is 1. The minimum atomic E-state index is -4.51. The average molecular weight is 405 g/mol. The Bertz CT molecular complexity index is 1090. The lowest BCUT2D eigenvalue weighted by Gasteiger charge is -2.13. The number of anilines is 1. The summed E-state index contributed by atoms with van der Waals surface area (Å²) < 4.78 is 41.5. The molecule has 2 aromatic heterocycles. The van der Waals surface area contributed by atoms with E-state index in [4.69, 9.17) is 0 Å². The van der Waals surface area contributed by atoms with E-state index in [9.17, 15) is 18.0 Å². The van der Waals surface area contributed by atoms with E-state index >= 15 is 0 Å². The maximum atomic E-state index is 13.4. The van der Waals surface area contributed by atoms with Crippen LogP contribution in [0.2, 0.25) is 0 Å². The molecule has 1 aliphatic rings. The number of imidazole rings is 1. The lowest BCUT2D eigenvalue weighted by molar-refractivity contribution is -0.137. The largest absolute Gasteiger partial charge is 0.417 e. The summed E-state index contributed by atoms with van der Waals surface area (Å²) in [5, 5.41) is 7.02. The van der Waals surface area contributed by atoms with Gasteiger partial charge in [0.15, 0.2) is 11.5 Å². The Labute approximate surface area is 161 Å². The number of amides is 1. The number of thioether (sulfide) groups is 1. The molecule has 3 heterocycles. The molecule has 0 bridgehead atoms. The normalized spacial score (nSPS) is 16.6. The van der Waals surface area contributed by atoms with Crippen molar-refractivity contribution in [1.29, 1.82) is 0 Å². The van der Waals surface area contributed by atoms with Crippen molar-refractivity contribution in [2.45, 2.75) is 19.1 Å². The quantitative estimate of drug-likeness (QED) is 0.719. The van der Waals surface area contributed by atoms with E-state index < -0.39 is 17.8 Å². The van der Waals surface area contributed by atoms with Crippen LogP contribution in [-0.4, -0.2) is 37.8 Å². The Morgan fingerprint density at radius 3 is 2.82 bits per heavy atom. The van der Waals surface area contributed by atoms with Gasteiger partial charge in [0, 0.05) is 11.3 Å². The third-order valence-corrected chi connectivity index (χ3v) is 5.06. The SMILES string of the molecule is Cc1cc(-c2ccccc2C(F)(F)F)nn2c(NC(=O)C3CSC=N3)cnc12. The summed E-state index contributed by atoms with van der Waals surface area (Å²) in [5.74, 6) is 0.504. The van der Waals surface area contributed by atoms with Crippen molar-refractivity contribution in [3.8, 4) is 11.3 Å². The van der Waals surface area contributed by atoms with Crippen molar-refractivity contribution in [2.75, 3.05) is 11.1 Å². The topological polar surface area (TPSA) is 71.7 Å². The molecule has 0 saturated heterocycles. The van der Waals surface area contributed by atoms with Gasteiger partial charge in [-0.25, -0.2) is 4.98 Å². The highest BCUT2D eigenvalue weighted by molar-refractivity contribution is 8.12. The Morgan fingerprint density at radius 1 is 1.32 bits per heavy atom. The van der Waals surface area contributed by atoms with Gasteiger partial charge in [-0.2, -0.15) is 22.8 Å². The fourth-order valence-electron chi connectivity index (χ4n) is 2.94. The van der Waals surface area contributed by atoms with Crippen LogP contribution in [0, 0.1) is 6.92 Å². The van der Waals surface area contributed by atoms with Crippen molar-refractivity contribution in [3.05, 3.63) is 47.7 Å². The number of halogens is 3. The zero-order valence-electron chi connectivity index (χ0n) is 14.6. The minimum absolute atomic E-state index is 0.0391. The summed E-state index contributed by atoms with van der Waals surface area (Å²) in [4.78, 5) is 20.6. The van der Waals surface area contributed by atoms with Crippen molar-refractivity contribution >= 4 is 34.7 Å². The van der Waals surface area contributed by atoms with Gasteiger partial charge >= 0.3 is 6.18 Å². The molecule has 0 fully saturated rings. The average Bonchev–Trinajstić information content (AvgIpc) is 3.32. The molecule has 0 aliphatic carbocycles. The highest BCUT2D eigenvalue weighted by Gasteiger charge is 2.34. The maximum absolute atomic E-state index is 13.4. The maximum Gasteiger partial charge on any atom is 0.417 e. The second-order valence-electron chi connectivity index (χ2n) is 6.23. The second-order valence-corrected chi connectivity index (χ2v) is 7.11. The fraction of sp³-hybridized carbons (Fsp3) is 0.222. The number of carbonyl (C=O) groups is 1. The molecule has 0 saturated carbocycles. The van der Waals surface area contributed by atoms with Crippen LogP contribution in [0.15, 0.2) is 41.5 Å². The van der Waals surface area contributed by atoms with Gasteiger partial charge in [-0.05, 0) is 24.6 Å². The Hall–Kier alpha value is -2.88. The summed E-state index contributed by atoms with van der Waals surface area (Å²) in [6.45, 7) is 1.73. The Morgan fingerprint density at radius 2 is 2.11 bits per heavy atom. The number of alkyl halides is 3. The number of carbonyl (C=O) groups excluding carboxylic acids is 1. The van der Waals surface area contributed by atoms with Crippen LogP contribution in [0.25, 0.3) is 16.9 Å². The molecule has 1 unspecified atom stereocenters. The number of aliphatic imine (C=N–C) groups is 1. The van der Waals surface area contributed by atoms with Gasteiger partial charge in [-0.15, -0.1) is 11.8 Å². The van der Waals surface area contributed by atoms with Crippen molar-refractivity contribution < 1.29 is 18.0 Å². The van der Waals surface area contributed by atoms with Gasteiger partial charge in [-0.1, -0.05) is 18.2 Å². The summed E-state index contributed by atoms with van der Waals surface area (Å²) in [6, 6.07) is 6.29. The summed E-state index contributed by atoms with van der Waals surface area (Å²) >= 11 is 1.44. The van der Waals surface area contributed by atoms with Crippen LogP contribution in [-0.2, 0) is 11.0 Å². The number of nitrogens with zero attached hydrogens (tertiary/aromatic N) is 4. The molecule has 10 heteroatoms. The van der Waals surface area contributed by atoms with Crippen molar-refractivity contribution in [3.63, 3.8) is 0 Å². The van der Waals surface area contributed by atoms with E-state index in [-0.39, 0.29) is 23.0 Å². The first-order chi connectivity index (χ1) is 13.3. The third kappa shape index (κ3) is 3.35. The standard InChI is InChI=1S/C18H14F3N5OS/c1-10-6-13(11-4-2-3-5-12(11)18(19,20)21)25-26-15(7-22-16(10)26)24-17(27)14-8-28-9-23-14/h2-7,9,14H,8H2,1H3,(H,24,27). The van der Waals surface area contributed by atoms with E-state index in [1.165, 1.54) is 40.7 Å². The van der Waals surface area contributed by atoms with E-state index in [2.05, 4.69) is 20.4 Å². The monoisotopic (exact) mass is 405 g/mol. The van der Waals surface area contributed by atoms with E-state index in [0.717, 1.165) is 6.07 Å². The molecule has 28 heavy (non-hydrogen) atoms. The number of rotatable bonds is 3. The van der Waals surface area contributed by atoms with Crippen LogP contribution < -0.4 is 5.32 Å². The molecule has 1 atom stereocenters. The summed E-state index contributed by atoms with van der Waals surface area (Å²) in [6.07, 6.45) is -3.08. The molecule has 3 aromatic rings. The van der Waals surface area contributed by atoms with Crippen LogP contribution in [0.5, 0.6) is 0 Å². The van der Waals surface area contributed by atoms with E-state index in [0.29, 0.717) is 17.0 Å². The predicted octanol–water partition coefficient (Wildman–Crippen LogP) is 3.81. The molecule has 4 rings (SSSR count).